The minimum atomic E-state index is -2.24. The number of anilines is 1. The van der Waals surface area contributed by atoms with E-state index < -0.39 is 5.92 Å². The number of benzene rings is 1. The monoisotopic (exact) mass is 546 g/mol. The fourth-order valence-corrected chi connectivity index (χ4v) is 6.70. The van der Waals surface area contributed by atoms with Gasteiger partial charge in [0.05, 0.1) is 5.39 Å². The molecule has 1 aromatic carbocycles. The Morgan fingerprint density at radius 2 is 1.75 bits per heavy atom. The summed E-state index contributed by atoms with van der Waals surface area (Å²) < 4.78 is 26.5. The van der Waals surface area contributed by atoms with E-state index in [1.807, 2.05) is 30.1 Å². The minimum absolute atomic E-state index is 0.206. The number of alkyl halides is 2. The molecular formula is C32H40F2N6. The maximum atomic E-state index is 12.2. The van der Waals surface area contributed by atoms with Gasteiger partial charge in [-0.25, -0.2) is 18.7 Å². The van der Waals surface area contributed by atoms with Gasteiger partial charge in [-0.05, 0) is 80.8 Å². The molecule has 3 aromatic rings. The van der Waals surface area contributed by atoms with E-state index in [0.717, 1.165) is 64.2 Å². The number of aryl methyl sites for hydroxylation is 1. The number of likely N-dealkylation sites (tertiary alicyclic amines) is 1. The average Bonchev–Trinajstić information content (AvgIpc) is 3.51. The van der Waals surface area contributed by atoms with Gasteiger partial charge in [-0.1, -0.05) is 31.6 Å². The Balaban J connectivity index is 0.000000131. The van der Waals surface area contributed by atoms with E-state index in [-0.39, 0.29) is 11.8 Å². The minimum Gasteiger partial charge on any atom is -0.383 e. The Morgan fingerprint density at radius 3 is 2.40 bits per heavy atom. The number of hydrogen-bond donors (Lipinski definition) is 2. The van der Waals surface area contributed by atoms with E-state index in [4.69, 9.17) is 5.73 Å². The van der Waals surface area contributed by atoms with Crippen molar-refractivity contribution in [3.63, 3.8) is 0 Å². The lowest BCUT2D eigenvalue weighted by molar-refractivity contribution is 0.0728. The van der Waals surface area contributed by atoms with Gasteiger partial charge in [0.1, 0.15) is 17.8 Å². The standard InChI is InChI=1S/C17H15N5.C9H17N.C6H8F2/c1-10-13-7-12(4-3-11(13)5-6-19-10)14-8-22(2)17-15(14)16(18)20-9-21-17;1-2-7-10(6-1)8-9-4-3-5-9;7-6(8)4-2-1-3-5(4)6/h3-9,19H,1H2,2H3,(H2,18,20,21);9H,1-8H2;4-5H,1-3H2. The molecule has 6 nitrogen and oxygen atoms in total. The van der Waals surface area contributed by atoms with Crippen molar-refractivity contribution in [1.82, 2.24) is 24.8 Å². The third-order valence-electron chi connectivity index (χ3n) is 9.33. The van der Waals surface area contributed by atoms with E-state index in [2.05, 4.69) is 45.0 Å². The molecule has 3 aliphatic carbocycles. The lowest BCUT2D eigenvalue weighted by Crippen LogP contribution is -2.30. The van der Waals surface area contributed by atoms with Crippen molar-refractivity contribution in [2.45, 2.75) is 57.3 Å². The van der Waals surface area contributed by atoms with Crippen molar-refractivity contribution in [3.8, 4) is 11.1 Å². The number of hydrogen-bond acceptors (Lipinski definition) is 5. The average molecular weight is 547 g/mol. The van der Waals surface area contributed by atoms with Crippen molar-refractivity contribution in [2.24, 2.45) is 24.8 Å². The van der Waals surface area contributed by atoms with E-state index in [9.17, 15) is 8.78 Å². The quantitative estimate of drug-likeness (QED) is 0.383. The summed E-state index contributed by atoms with van der Waals surface area (Å²) in [5, 5.41) is 4.03. The molecule has 3 saturated carbocycles. The lowest BCUT2D eigenvalue weighted by atomic mass is 9.85. The van der Waals surface area contributed by atoms with Gasteiger partial charge in [-0.15, -0.1) is 0 Å². The summed E-state index contributed by atoms with van der Waals surface area (Å²) in [4.78, 5) is 11.1. The normalized spacial score (nSPS) is 24.2. The van der Waals surface area contributed by atoms with Gasteiger partial charge in [0, 0.05) is 54.6 Å². The highest BCUT2D eigenvalue weighted by Crippen LogP contribution is 2.63. The van der Waals surface area contributed by atoms with Crippen molar-refractivity contribution in [2.75, 3.05) is 25.4 Å². The molecule has 0 spiro atoms. The number of fused-ring (bicyclic) bond motifs is 3. The molecule has 4 fully saturated rings. The zero-order valence-corrected chi connectivity index (χ0v) is 23.4. The van der Waals surface area contributed by atoms with Crippen molar-refractivity contribution >= 4 is 28.6 Å². The van der Waals surface area contributed by atoms with Gasteiger partial charge in [0.2, 0.25) is 0 Å². The van der Waals surface area contributed by atoms with Crippen molar-refractivity contribution in [1.29, 1.82) is 0 Å². The summed E-state index contributed by atoms with van der Waals surface area (Å²) in [6.45, 7) is 8.25. The third kappa shape index (κ3) is 5.26. The summed E-state index contributed by atoms with van der Waals surface area (Å²) in [7, 11) is 1.96. The second kappa shape index (κ2) is 11.0. The van der Waals surface area contributed by atoms with Crippen LogP contribution in [0.15, 0.2) is 43.5 Å². The van der Waals surface area contributed by atoms with Crippen LogP contribution in [0.1, 0.15) is 62.5 Å². The molecule has 2 aromatic heterocycles. The molecular weight excluding hydrogens is 506 g/mol. The predicted octanol–water partition coefficient (Wildman–Crippen LogP) is 6.70. The summed E-state index contributed by atoms with van der Waals surface area (Å²) >= 11 is 0. The Morgan fingerprint density at radius 1 is 1.02 bits per heavy atom. The van der Waals surface area contributed by atoms with E-state index in [1.165, 1.54) is 58.1 Å². The SMILES string of the molecule is C1CC(CN2CCCC2)C1.C=C1NC=Cc2ccc(-c3cn(C)c4ncnc(N)c34)cc21.FC1(F)C2CCCC21. The second-order valence-corrected chi connectivity index (χ2v) is 12.0. The van der Waals surface area contributed by atoms with Crippen molar-refractivity contribution < 1.29 is 8.78 Å². The smallest absolute Gasteiger partial charge is 0.254 e. The van der Waals surface area contributed by atoms with E-state index in [1.54, 1.807) is 0 Å². The Labute approximate surface area is 235 Å². The number of halogens is 2. The van der Waals surface area contributed by atoms with Crippen LogP contribution in [0.25, 0.3) is 33.9 Å². The molecule has 2 aliphatic heterocycles. The van der Waals surface area contributed by atoms with Crippen LogP contribution in [-0.4, -0.2) is 45.0 Å². The zero-order chi connectivity index (χ0) is 27.9. The van der Waals surface area contributed by atoms with Gasteiger partial charge in [0.25, 0.3) is 5.92 Å². The Kier molecular flexibility index (Phi) is 7.38. The van der Waals surface area contributed by atoms with Crippen LogP contribution < -0.4 is 11.1 Å². The molecule has 8 heteroatoms. The van der Waals surface area contributed by atoms with Gasteiger partial charge in [0.15, 0.2) is 0 Å². The van der Waals surface area contributed by atoms with E-state index in [0.29, 0.717) is 5.82 Å². The van der Waals surface area contributed by atoms with Crippen LogP contribution in [0, 0.1) is 17.8 Å². The first kappa shape index (κ1) is 26.9. The van der Waals surface area contributed by atoms with Crippen LogP contribution in [0.2, 0.25) is 0 Å². The molecule has 8 rings (SSSR count). The third-order valence-corrected chi connectivity index (χ3v) is 9.33. The van der Waals surface area contributed by atoms with Gasteiger partial charge in [-0.2, -0.15) is 0 Å². The topological polar surface area (TPSA) is 72.0 Å². The fourth-order valence-electron chi connectivity index (χ4n) is 6.70. The molecule has 2 unspecified atom stereocenters. The zero-order valence-electron chi connectivity index (χ0n) is 23.4. The molecule has 4 heterocycles. The number of nitrogens with one attached hydrogen (secondary N) is 1. The second-order valence-electron chi connectivity index (χ2n) is 12.0. The Bertz CT molecular complexity index is 1400. The highest BCUT2D eigenvalue weighted by atomic mass is 19.3. The van der Waals surface area contributed by atoms with Gasteiger partial charge >= 0.3 is 0 Å². The molecule has 5 aliphatic rings. The highest BCUT2D eigenvalue weighted by molar-refractivity contribution is 6.01. The molecule has 40 heavy (non-hydrogen) atoms. The first-order chi connectivity index (χ1) is 19.3. The summed E-state index contributed by atoms with van der Waals surface area (Å²) in [5.74, 6) is -1.07. The number of aromatic nitrogens is 3. The fraction of sp³-hybridized carbons (Fsp3) is 0.500. The molecule has 2 atom stereocenters. The summed E-state index contributed by atoms with van der Waals surface area (Å²) in [5.41, 5.74) is 12.1. The van der Waals surface area contributed by atoms with Crippen LogP contribution in [0.4, 0.5) is 14.6 Å². The van der Waals surface area contributed by atoms with Gasteiger partial charge < -0.3 is 20.5 Å². The number of nitrogen functional groups attached to an aromatic ring is 1. The molecule has 0 radical (unpaired) electrons. The van der Waals surface area contributed by atoms with Gasteiger partial charge in [-0.3, -0.25) is 0 Å². The summed E-state index contributed by atoms with van der Waals surface area (Å²) in [6.07, 6.45) is 17.5. The maximum absolute atomic E-state index is 12.2. The predicted molar refractivity (Wildman–Crippen MR) is 158 cm³/mol. The number of nitrogens with zero attached hydrogens (tertiary/aromatic N) is 4. The largest absolute Gasteiger partial charge is 0.383 e. The van der Waals surface area contributed by atoms with Crippen LogP contribution in [0.3, 0.4) is 0 Å². The molecule has 212 valence electrons. The van der Waals surface area contributed by atoms with E-state index >= 15 is 0 Å². The maximum Gasteiger partial charge on any atom is 0.254 e. The lowest BCUT2D eigenvalue weighted by Gasteiger charge is -2.29. The molecule has 1 saturated heterocycles. The molecule has 0 bridgehead atoms. The van der Waals surface area contributed by atoms with Crippen molar-refractivity contribution in [3.05, 3.63) is 54.6 Å². The number of nitrogens with two attached hydrogens (primary N) is 1. The van der Waals surface area contributed by atoms with Crippen LogP contribution >= 0.6 is 0 Å². The summed E-state index contributed by atoms with van der Waals surface area (Å²) in [6, 6.07) is 6.30. The molecule has 0 amide bonds. The first-order valence-corrected chi connectivity index (χ1v) is 14.8. The first-order valence-electron chi connectivity index (χ1n) is 14.8. The van der Waals surface area contributed by atoms with Crippen LogP contribution in [0.5, 0.6) is 0 Å². The molecule has 3 N–H and O–H groups in total. The number of rotatable bonds is 3. The van der Waals surface area contributed by atoms with Crippen LogP contribution in [-0.2, 0) is 7.05 Å². The Hall–Kier alpha value is -3.26. The highest BCUT2D eigenvalue weighted by Gasteiger charge is 2.69.